The monoisotopic (exact) mass is 256 g/mol. The lowest BCUT2D eigenvalue weighted by Crippen LogP contribution is -2.56. The summed E-state index contributed by atoms with van der Waals surface area (Å²) in [6.45, 7) is 9.96. The summed E-state index contributed by atoms with van der Waals surface area (Å²) in [5.74, 6) is -0.307. The molecule has 2 N–H and O–H groups in total. The molecule has 104 valence electrons. The van der Waals surface area contributed by atoms with Crippen molar-refractivity contribution in [3.63, 3.8) is 0 Å². The van der Waals surface area contributed by atoms with Crippen molar-refractivity contribution < 1.29 is 9.59 Å². The third-order valence-corrected chi connectivity index (χ3v) is 3.58. The van der Waals surface area contributed by atoms with Crippen molar-refractivity contribution >= 4 is 11.9 Å². The Morgan fingerprint density at radius 2 is 1.67 bits per heavy atom. The lowest BCUT2D eigenvalue weighted by Gasteiger charge is -2.38. The molecule has 1 saturated heterocycles. The van der Waals surface area contributed by atoms with Gasteiger partial charge in [0.2, 0.25) is 5.91 Å². The van der Waals surface area contributed by atoms with Gasteiger partial charge in [-0.1, -0.05) is 0 Å². The van der Waals surface area contributed by atoms with Gasteiger partial charge in [0.25, 0.3) is 0 Å². The molecule has 3 amide bonds. The average Bonchev–Trinajstić information content (AvgIpc) is 2.39. The van der Waals surface area contributed by atoms with Gasteiger partial charge < -0.3 is 15.5 Å². The number of primary amides is 1. The Morgan fingerprint density at radius 1 is 1.17 bits per heavy atom. The van der Waals surface area contributed by atoms with Gasteiger partial charge in [0.15, 0.2) is 0 Å². The first-order valence-corrected chi connectivity index (χ1v) is 6.58. The SMILES string of the molecule is CCN(CC)C(=O)N1CCN([C@@H](C)C(N)=O)CC1. The van der Waals surface area contributed by atoms with Crippen LogP contribution in [-0.2, 0) is 4.79 Å². The van der Waals surface area contributed by atoms with Crippen molar-refractivity contribution in [3.8, 4) is 0 Å². The lowest BCUT2D eigenvalue weighted by atomic mass is 10.2. The van der Waals surface area contributed by atoms with E-state index in [0.717, 1.165) is 13.1 Å². The van der Waals surface area contributed by atoms with E-state index in [1.807, 2.05) is 35.5 Å². The van der Waals surface area contributed by atoms with E-state index in [9.17, 15) is 9.59 Å². The molecule has 6 nitrogen and oxygen atoms in total. The van der Waals surface area contributed by atoms with Gasteiger partial charge in [0.1, 0.15) is 0 Å². The molecule has 6 heteroatoms. The highest BCUT2D eigenvalue weighted by Crippen LogP contribution is 2.08. The first-order chi connectivity index (χ1) is 8.51. The van der Waals surface area contributed by atoms with E-state index in [2.05, 4.69) is 0 Å². The van der Waals surface area contributed by atoms with Crippen molar-refractivity contribution in [2.24, 2.45) is 5.73 Å². The number of hydrogen-bond acceptors (Lipinski definition) is 3. The van der Waals surface area contributed by atoms with Gasteiger partial charge in [-0.3, -0.25) is 9.69 Å². The second kappa shape index (κ2) is 6.58. The Bertz CT molecular complexity index is 296. The molecule has 1 heterocycles. The summed E-state index contributed by atoms with van der Waals surface area (Å²) >= 11 is 0. The molecular formula is C12H24N4O2. The van der Waals surface area contributed by atoms with Crippen molar-refractivity contribution in [1.82, 2.24) is 14.7 Å². The number of piperazine rings is 1. The fourth-order valence-electron chi connectivity index (χ4n) is 2.17. The fraction of sp³-hybridized carbons (Fsp3) is 0.833. The maximum Gasteiger partial charge on any atom is 0.320 e. The number of amides is 3. The molecule has 1 aliphatic rings. The summed E-state index contributed by atoms with van der Waals surface area (Å²) < 4.78 is 0. The molecular weight excluding hydrogens is 232 g/mol. The van der Waals surface area contributed by atoms with Crippen LogP contribution in [0.15, 0.2) is 0 Å². The molecule has 1 fully saturated rings. The summed E-state index contributed by atoms with van der Waals surface area (Å²) in [7, 11) is 0. The summed E-state index contributed by atoms with van der Waals surface area (Å²) in [4.78, 5) is 28.9. The predicted molar refractivity (Wildman–Crippen MR) is 70.1 cm³/mol. The van der Waals surface area contributed by atoms with Crippen LogP contribution in [0.5, 0.6) is 0 Å². The first kappa shape index (κ1) is 14.8. The molecule has 1 aliphatic heterocycles. The van der Waals surface area contributed by atoms with E-state index in [1.54, 1.807) is 0 Å². The average molecular weight is 256 g/mol. The van der Waals surface area contributed by atoms with Crippen LogP contribution < -0.4 is 5.73 Å². The quantitative estimate of drug-likeness (QED) is 0.766. The molecule has 18 heavy (non-hydrogen) atoms. The number of nitrogens with two attached hydrogens (primary N) is 1. The Hall–Kier alpha value is -1.30. The normalized spacial score (nSPS) is 18.5. The number of carbonyl (C=O) groups excluding carboxylic acids is 2. The summed E-state index contributed by atoms with van der Waals surface area (Å²) in [5.41, 5.74) is 5.28. The molecule has 0 aliphatic carbocycles. The first-order valence-electron chi connectivity index (χ1n) is 6.58. The minimum atomic E-state index is -0.307. The Morgan fingerprint density at radius 3 is 2.06 bits per heavy atom. The highest BCUT2D eigenvalue weighted by molar-refractivity contribution is 5.79. The highest BCUT2D eigenvalue weighted by Gasteiger charge is 2.27. The van der Waals surface area contributed by atoms with E-state index >= 15 is 0 Å². The van der Waals surface area contributed by atoms with Crippen molar-refractivity contribution in [1.29, 1.82) is 0 Å². The van der Waals surface area contributed by atoms with E-state index in [4.69, 9.17) is 5.73 Å². The van der Waals surface area contributed by atoms with Gasteiger partial charge in [-0.2, -0.15) is 0 Å². The third kappa shape index (κ3) is 3.35. The van der Waals surface area contributed by atoms with Crippen LogP contribution >= 0.6 is 0 Å². The van der Waals surface area contributed by atoms with Crippen LogP contribution in [0.25, 0.3) is 0 Å². The molecule has 0 unspecified atom stereocenters. The maximum atomic E-state index is 12.1. The smallest absolute Gasteiger partial charge is 0.320 e. The van der Waals surface area contributed by atoms with Crippen LogP contribution in [0.2, 0.25) is 0 Å². The zero-order valence-corrected chi connectivity index (χ0v) is 11.6. The number of hydrogen-bond donors (Lipinski definition) is 1. The minimum Gasteiger partial charge on any atom is -0.368 e. The molecule has 0 aromatic heterocycles. The molecule has 0 aromatic carbocycles. The van der Waals surface area contributed by atoms with Crippen LogP contribution in [0.4, 0.5) is 4.79 Å². The van der Waals surface area contributed by atoms with Gasteiger partial charge in [-0.25, -0.2) is 4.79 Å². The van der Waals surface area contributed by atoms with Crippen LogP contribution in [0.1, 0.15) is 20.8 Å². The fourth-order valence-corrected chi connectivity index (χ4v) is 2.17. The molecule has 1 rings (SSSR count). The van der Waals surface area contributed by atoms with E-state index in [-0.39, 0.29) is 18.0 Å². The van der Waals surface area contributed by atoms with E-state index in [0.29, 0.717) is 26.2 Å². The van der Waals surface area contributed by atoms with Gasteiger partial charge in [-0.05, 0) is 20.8 Å². The summed E-state index contributed by atoms with van der Waals surface area (Å²) in [6, 6.07) is -0.165. The lowest BCUT2D eigenvalue weighted by molar-refractivity contribution is -0.123. The maximum absolute atomic E-state index is 12.1. The minimum absolute atomic E-state index is 0.0892. The predicted octanol–water partition coefficient (Wildman–Crippen LogP) is -0.0604. The standard InChI is InChI=1S/C12H24N4O2/c1-4-14(5-2)12(18)16-8-6-15(7-9-16)10(3)11(13)17/h10H,4-9H2,1-3H3,(H2,13,17)/t10-/m0/s1. The molecule has 0 radical (unpaired) electrons. The molecule has 1 atom stereocenters. The van der Waals surface area contributed by atoms with Crippen LogP contribution in [0.3, 0.4) is 0 Å². The van der Waals surface area contributed by atoms with Crippen molar-refractivity contribution in [2.75, 3.05) is 39.3 Å². The van der Waals surface area contributed by atoms with E-state index < -0.39 is 0 Å². The Kier molecular flexibility index (Phi) is 5.40. The summed E-state index contributed by atoms with van der Waals surface area (Å²) in [5, 5.41) is 0. The highest BCUT2D eigenvalue weighted by atomic mass is 16.2. The van der Waals surface area contributed by atoms with Gasteiger partial charge in [0, 0.05) is 39.3 Å². The number of urea groups is 1. The Balaban J connectivity index is 2.48. The van der Waals surface area contributed by atoms with Crippen LogP contribution in [0, 0.1) is 0 Å². The van der Waals surface area contributed by atoms with E-state index in [1.165, 1.54) is 0 Å². The molecule has 0 saturated carbocycles. The van der Waals surface area contributed by atoms with Gasteiger partial charge >= 0.3 is 6.03 Å². The molecule has 0 bridgehead atoms. The number of rotatable bonds is 4. The summed E-state index contributed by atoms with van der Waals surface area (Å²) in [6.07, 6.45) is 0. The molecule has 0 aromatic rings. The second-order valence-electron chi connectivity index (χ2n) is 4.56. The van der Waals surface area contributed by atoms with Crippen molar-refractivity contribution in [2.45, 2.75) is 26.8 Å². The second-order valence-corrected chi connectivity index (χ2v) is 4.56. The topological polar surface area (TPSA) is 69.9 Å². The number of nitrogens with zero attached hydrogens (tertiary/aromatic N) is 3. The van der Waals surface area contributed by atoms with Crippen molar-refractivity contribution in [3.05, 3.63) is 0 Å². The largest absolute Gasteiger partial charge is 0.368 e. The zero-order valence-electron chi connectivity index (χ0n) is 11.6. The van der Waals surface area contributed by atoms with Crippen LogP contribution in [-0.4, -0.2) is 71.9 Å². The van der Waals surface area contributed by atoms with Gasteiger partial charge in [0.05, 0.1) is 6.04 Å². The zero-order chi connectivity index (χ0) is 13.7. The number of carbonyl (C=O) groups is 2. The Labute approximate surface area is 109 Å². The molecule has 0 spiro atoms. The van der Waals surface area contributed by atoms with Gasteiger partial charge in [-0.15, -0.1) is 0 Å². The third-order valence-electron chi connectivity index (χ3n) is 3.58.